The second-order valence-corrected chi connectivity index (χ2v) is 7.55. The standard InChI is InChI=1S/C9H14BrNO2S2/c1-7(6-10)11(3)15(12,13)9-5-4-8(2)14-9/h4-5,7H,6H2,1-3H3. The lowest BCUT2D eigenvalue weighted by atomic mass is 10.4. The van der Waals surface area contributed by atoms with Gasteiger partial charge in [0.25, 0.3) is 10.0 Å². The summed E-state index contributed by atoms with van der Waals surface area (Å²) in [6.07, 6.45) is 0. The van der Waals surface area contributed by atoms with Crippen LogP contribution in [0.1, 0.15) is 11.8 Å². The molecule has 0 aliphatic rings. The summed E-state index contributed by atoms with van der Waals surface area (Å²) in [6.45, 7) is 3.77. The summed E-state index contributed by atoms with van der Waals surface area (Å²) in [5.74, 6) is 0. The number of hydrogen-bond donors (Lipinski definition) is 0. The molecule has 1 aromatic heterocycles. The fourth-order valence-corrected chi connectivity index (χ4v) is 4.48. The van der Waals surface area contributed by atoms with Gasteiger partial charge in [0.2, 0.25) is 0 Å². The van der Waals surface area contributed by atoms with Crippen LogP contribution >= 0.6 is 27.3 Å². The fourth-order valence-electron chi connectivity index (χ4n) is 1.03. The second-order valence-electron chi connectivity index (χ2n) is 3.39. The highest BCUT2D eigenvalue weighted by Crippen LogP contribution is 2.24. The lowest BCUT2D eigenvalue weighted by Gasteiger charge is -2.21. The van der Waals surface area contributed by atoms with Crippen LogP contribution in [0.2, 0.25) is 0 Å². The Balaban J connectivity index is 3.03. The molecule has 1 heterocycles. The summed E-state index contributed by atoms with van der Waals surface area (Å²) < 4.78 is 25.9. The molecule has 6 heteroatoms. The van der Waals surface area contributed by atoms with Crippen molar-refractivity contribution in [1.29, 1.82) is 0 Å². The summed E-state index contributed by atoms with van der Waals surface area (Å²) in [5, 5.41) is 0.632. The first-order valence-corrected chi connectivity index (χ1v) is 7.88. The third-order valence-corrected chi connectivity index (χ3v) is 6.57. The molecule has 0 aliphatic heterocycles. The van der Waals surface area contributed by atoms with Crippen molar-refractivity contribution < 1.29 is 8.42 Å². The van der Waals surface area contributed by atoms with Gasteiger partial charge in [-0.15, -0.1) is 11.3 Å². The Kier molecular flexibility index (Phi) is 4.34. The molecule has 3 nitrogen and oxygen atoms in total. The van der Waals surface area contributed by atoms with Crippen LogP contribution in [0.4, 0.5) is 0 Å². The van der Waals surface area contributed by atoms with E-state index in [1.165, 1.54) is 15.6 Å². The minimum Gasteiger partial charge on any atom is -0.206 e. The zero-order valence-electron chi connectivity index (χ0n) is 8.90. The van der Waals surface area contributed by atoms with Crippen molar-refractivity contribution in [3.8, 4) is 0 Å². The Morgan fingerprint density at radius 3 is 2.53 bits per heavy atom. The van der Waals surface area contributed by atoms with Gasteiger partial charge in [0.15, 0.2) is 0 Å². The van der Waals surface area contributed by atoms with E-state index in [4.69, 9.17) is 0 Å². The molecule has 0 bridgehead atoms. The van der Waals surface area contributed by atoms with E-state index in [2.05, 4.69) is 15.9 Å². The lowest BCUT2D eigenvalue weighted by molar-refractivity contribution is 0.417. The lowest BCUT2D eigenvalue weighted by Crippen LogP contribution is -2.35. The Labute approximate surface area is 103 Å². The van der Waals surface area contributed by atoms with E-state index in [9.17, 15) is 8.42 Å². The molecular weight excluding hydrogens is 298 g/mol. The number of hydrogen-bond acceptors (Lipinski definition) is 3. The van der Waals surface area contributed by atoms with Crippen LogP contribution in [-0.2, 0) is 10.0 Å². The third-order valence-electron chi connectivity index (χ3n) is 2.19. The van der Waals surface area contributed by atoms with Crippen LogP contribution in [-0.4, -0.2) is 31.1 Å². The van der Waals surface area contributed by atoms with Crippen LogP contribution in [0, 0.1) is 6.92 Å². The minimum absolute atomic E-state index is 0.0441. The Morgan fingerprint density at radius 2 is 2.13 bits per heavy atom. The van der Waals surface area contributed by atoms with Gasteiger partial charge in [-0.05, 0) is 26.0 Å². The number of aryl methyl sites for hydroxylation is 1. The van der Waals surface area contributed by atoms with Gasteiger partial charge >= 0.3 is 0 Å². The van der Waals surface area contributed by atoms with E-state index >= 15 is 0 Å². The first kappa shape index (κ1) is 13.2. The van der Waals surface area contributed by atoms with Crippen LogP contribution in [0.15, 0.2) is 16.3 Å². The zero-order valence-corrected chi connectivity index (χ0v) is 12.1. The monoisotopic (exact) mass is 311 g/mol. The number of alkyl halides is 1. The van der Waals surface area contributed by atoms with Gasteiger partial charge in [-0.3, -0.25) is 0 Å². The van der Waals surface area contributed by atoms with E-state index in [-0.39, 0.29) is 6.04 Å². The summed E-state index contributed by atoms with van der Waals surface area (Å²) in [5.41, 5.74) is 0. The van der Waals surface area contributed by atoms with Gasteiger partial charge in [0.05, 0.1) is 0 Å². The molecule has 0 aliphatic carbocycles. The summed E-state index contributed by atoms with van der Waals surface area (Å²) in [4.78, 5) is 1.01. The van der Waals surface area contributed by atoms with Gasteiger partial charge in [-0.25, -0.2) is 8.42 Å². The van der Waals surface area contributed by atoms with Crippen molar-refractivity contribution >= 4 is 37.3 Å². The van der Waals surface area contributed by atoms with E-state index in [0.29, 0.717) is 9.54 Å². The highest BCUT2D eigenvalue weighted by Gasteiger charge is 2.25. The normalized spacial score (nSPS) is 14.5. The number of halogens is 1. The molecule has 0 radical (unpaired) electrons. The fraction of sp³-hybridized carbons (Fsp3) is 0.556. The zero-order chi connectivity index (χ0) is 11.6. The highest BCUT2D eigenvalue weighted by molar-refractivity contribution is 9.09. The molecule has 0 saturated heterocycles. The van der Waals surface area contributed by atoms with Crippen molar-refractivity contribution in [3.05, 3.63) is 17.0 Å². The van der Waals surface area contributed by atoms with Crippen LogP contribution in [0.3, 0.4) is 0 Å². The second kappa shape index (κ2) is 4.95. The van der Waals surface area contributed by atoms with Gasteiger partial charge in [0.1, 0.15) is 4.21 Å². The first-order valence-electron chi connectivity index (χ1n) is 4.50. The summed E-state index contributed by atoms with van der Waals surface area (Å²) >= 11 is 4.59. The molecule has 0 saturated carbocycles. The van der Waals surface area contributed by atoms with E-state index < -0.39 is 10.0 Å². The molecule has 86 valence electrons. The maximum absolute atomic E-state index is 12.1. The third kappa shape index (κ3) is 2.81. The predicted octanol–water partition coefficient (Wildman–Crippen LogP) is 2.46. The highest BCUT2D eigenvalue weighted by atomic mass is 79.9. The van der Waals surface area contributed by atoms with Crippen LogP contribution in [0.5, 0.6) is 0 Å². The van der Waals surface area contributed by atoms with Crippen molar-refractivity contribution in [2.45, 2.75) is 24.1 Å². The molecule has 1 aromatic rings. The first-order chi connectivity index (χ1) is 6.89. The number of nitrogens with zero attached hydrogens (tertiary/aromatic N) is 1. The smallest absolute Gasteiger partial charge is 0.206 e. The molecule has 1 unspecified atom stereocenters. The van der Waals surface area contributed by atoms with E-state index in [0.717, 1.165) is 4.88 Å². The summed E-state index contributed by atoms with van der Waals surface area (Å²) in [6, 6.07) is 3.44. The molecule has 0 N–H and O–H groups in total. The average Bonchev–Trinajstić information content (AvgIpc) is 2.63. The van der Waals surface area contributed by atoms with E-state index in [1.807, 2.05) is 19.9 Å². The van der Waals surface area contributed by atoms with Crippen molar-refractivity contribution in [2.24, 2.45) is 0 Å². The van der Waals surface area contributed by atoms with Crippen molar-refractivity contribution in [3.63, 3.8) is 0 Å². The molecule has 1 atom stereocenters. The summed E-state index contributed by atoms with van der Waals surface area (Å²) in [7, 11) is -1.70. The molecule has 0 aromatic carbocycles. The average molecular weight is 312 g/mol. The number of thiophene rings is 1. The Hall–Kier alpha value is 0.0900. The predicted molar refractivity (Wildman–Crippen MR) is 67.3 cm³/mol. The molecule has 15 heavy (non-hydrogen) atoms. The SMILES string of the molecule is Cc1ccc(S(=O)(=O)N(C)C(C)CBr)s1. The largest absolute Gasteiger partial charge is 0.252 e. The molecule has 0 spiro atoms. The van der Waals surface area contributed by atoms with Gasteiger partial charge < -0.3 is 0 Å². The Morgan fingerprint density at radius 1 is 1.53 bits per heavy atom. The molecule has 1 rings (SSSR count). The van der Waals surface area contributed by atoms with Gasteiger partial charge in [0, 0.05) is 23.3 Å². The van der Waals surface area contributed by atoms with Crippen LogP contribution in [0.25, 0.3) is 0 Å². The topological polar surface area (TPSA) is 37.4 Å². The Bertz CT molecular complexity index is 427. The molecular formula is C9H14BrNO2S2. The van der Waals surface area contributed by atoms with Gasteiger partial charge in [-0.2, -0.15) is 4.31 Å². The molecule has 0 amide bonds. The minimum atomic E-state index is -3.31. The van der Waals surface area contributed by atoms with E-state index in [1.54, 1.807) is 13.1 Å². The number of rotatable bonds is 4. The quantitative estimate of drug-likeness (QED) is 0.801. The van der Waals surface area contributed by atoms with Crippen LogP contribution < -0.4 is 0 Å². The maximum Gasteiger partial charge on any atom is 0.252 e. The van der Waals surface area contributed by atoms with Gasteiger partial charge in [-0.1, -0.05) is 15.9 Å². The number of sulfonamides is 1. The van der Waals surface area contributed by atoms with Crippen molar-refractivity contribution in [2.75, 3.05) is 12.4 Å². The maximum atomic E-state index is 12.1. The van der Waals surface area contributed by atoms with Crippen molar-refractivity contribution in [1.82, 2.24) is 4.31 Å². The molecule has 0 fully saturated rings.